The van der Waals surface area contributed by atoms with Crippen molar-refractivity contribution in [1.82, 2.24) is 0 Å². The molecule has 1 atom stereocenters. The van der Waals surface area contributed by atoms with Crippen LogP contribution < -0.4 is 0 Å². The molecular weight excluding hydrogens is 216 g/mol. The standard InChI is InChI=1S/C15H17Cl/c1-10(2)15(16)14-11(3)8-9-12-6-4-5-7-13(12)14/h4-10,15H,1-3H3. The van der Waals surface area contributed by atoms with Gasteiger partial charge < -0.3 is 0 Å². The Hall–Kier alpha value is -1.01. The highest BCUT2D eigenvalue weighted by Crippen LogP contribution is 2.35. The Morgan fingerprint density at radius 1 is 1.00 bits per heavy atom. The maximum Gasteiger partial charge on any atom is 0.0616 e. The molecule has 0 amide bonds. The van der Waals surface area contributed by atoms with Gasteiger partial charge in [-0.05, 0) is 34.7 Å². The highest BCUT2D eigenvalue weighted by atomic mass is 35.5. The molecule has 0 saturated carbocycles. The summed E-state index contributed by atoms with van der Waals surface area (Å²) >= 11 is 6.53. The number of fused-ring (bicyclic) bond motifs is 1. The molecule has 0 aromatic heterocycles. The molecule has 0 aliphatic carbocycles. The normalized spacial score (nSPS) is 13.3. The Balaban J connectivity index is 2.70. The van der Waals surface area contributed by atoms with Crippen molar-refractivity contribution < 1.29 is 0 Å². The van der Waals surface area contributed by atoms with E-state index in [0.29, 0.717) is 5.92 Å². The van der Waals surface area contributed by atoms with Gasteiger partial charge in [-0.3, -0.25) is 0 Å². The van der Waals surface area contributed by atoms with Crippen LogP contribution in [0.15, 0.2) is 36.4 Å². The molecule has 0 aliphatic rings. The third kappa shape index (κ3) is 1.94. The Morgan fingerprint density at radius 3 is 2.38 bits per heavy atom. The topological polar surface area (TPSA) is 0 Å². The fourth-order valence-electron chi connectivity index (χ4n) is 2.10. The van der Waals surface area contributed by atoms with Crippen molar-refractivity contribution in [3.63, 3.8) is 0 Å². The maximum absolute atomic E-state index is 6.53. The molecule has 84 valence electrons. The molecule has 0 spiro atoms. The van der Waals surface area contributed by atoms with Crippen molar-refractivity contribution in [1.29, 1.82) is 0 Å². The molecule has 0 saturated heterocycles. The van der Waals surface area contributed by atoms with Gasteiger partial charge in [0.25, 0.3) is 0 Å². The maximum atomic E-state index is 6.53. The summed E-state index contributed by atoms with van der Waals surface area (Å²) < 4.78 is 0. The van der Waals surface area contributed by atoms with Crippen LogP contribution in [0.3, 0.4) is 0 Å². The molecule has 1 heteroatoms. The van der Waals surface area contributed by atoms with Gasteiger partial charge in [-0.15, -0.1) is 11.6 Å². The molecule has 2 aromatic rings. The van der Waals surface area contributed by atoms with Crippen LogP contribution in [-0.4, -0.2) is 0 Å². The van der Waals surface area contributed by atoms with Gasteiger partial charge in [0.05, 0.1) is 5.38 Å². The van der Waals surface area contributed by atoms with Crippen molar-refractivity contribution >= 4 is 22.4 Å². The minimum Gasteiger partial charge on any atom is -0.118 e. The third-order valence-electron chi connectivity index (χ3n) is 3.05. The molecule has 0 bridgehead atoms. The van der Waals surface area contributed by atoms with Crippen LogP contribution in [0.25, 0.3) is 10.8 Å². The Kier molecular flexibility index (Phi) is 3.20. The van der Waals surface area contributed by atoms with Gasteiger partial charge in [0.1, 0.15) is 0 Å². The lowest BCUT2D eigenvalue weighted by molar-refractivity contribution is 0.625. The average molecular weight is 233 g/mol. The molecule has 0 N–H and O–H groups in total. The largest absolute Gasteiger partial charge is 0.118 e. The minimum atomic E-state index is 0.0890. The molecule has 0 fully saturated rings. The lowest BCUT2D eigenvalue weighted by Crippen LogP contribution is -2.02. The zero-order valence-corrected chi connectivity index (χ0v) is 10.8. The quantitative estimate of drug-likeness (QED) is 0.633. The van der Waals surface area contributed by atoms with Gasteiger partial charge in [0.15, 0.2) is 0 Å². The molecule has 1 unspecified atom stereocenters. The third-order valence-corrected chi connectivity index (χ3v) is 3.77. The second kappa shape index (κ2) is 4.47. The van der Waals surface area contributed by atoms with Crippen LogP contribution in [-0.2, 0) is 0 Å². The van der Waals surface area contributed by atoms with Crippen molar-refractivity contribution in [2.75, 3.05) is 0 Å². The summed E-state index contributed by atoms with van der Waals surface area (Å²) in [5.74, 6) is 0.450. The molecular formula is C15H17Cl. The SMILES string of the molecule is Cc1ccc2ccccc2c1C(Cl)C(C)C. The fraction of sp³-hybridized carbons (Fsp3) is 0.333. The van der Waals surface area contributed by atoms with E-state index >= 15 is 0 Å². The first-order chi connectivity index (χ1) is 7.61. The van der Waals surface area contributed by atoms with Crippen molar-refractivity contribution in [2.24, 2.45) is 5.92 Å². The highest BCUT2D eigenvalue weighted by Gasteiger charge is 2.17. The van der Waals surface area contributed by atoms with Crippen LogP contribution in [0.4, 0.5) is 0 Å². The molecule has 0 nitrogen and oxygen atoms in total. The predicted molar refractivity (Wildman–Crippen MR) is 72.1 cm³/mol. The fourth-order valence-corrected chi connectivity index (χ4v) is 2.39. The Bertz CT molecular complexity index is 500. The number of hydrogen-bond acceptors (Lipinski definition) is 0. The molecule has 16 heavy (non-hydrogen) atoms. The van der Waals surface area contributed by atoms with Gasteiger partial charge in [0.2, 0.25) is 0 Å². The summed E-state index contributed by atoms with van der Waals surface area (Å²) in [7, 11) is 0. The van der Waals surface area contributed by atoms with Crippen LogP contribution in [0.1, 0.15) is 30.4 Å². The molecule has 0 radical (unpaired) electrons. The van der Waals surface area contributed by atoms with Crippen molar-refractivity contribution in [2.45, 2.75) is 26.1 Å². The van der Waals surface area contributed by atoms with E-state index in [1.165, 1.54) is 21.9 Å². The lowest BCUT2D eigenvalue weighted by Gasteiger charge is -2.18. The number of hydrogen-bond donors (Lipinski definition) is 0. The Morgan fingerprint density at radius 2 is 1.69 bits per heavy atom. The smallest absolute Gasteiger partial charge is 0.0616 e. The number of halogens is 1. The summed E-state index contributed by atoms with van der Waals surface area (Å²) in [6.07, 6.45) is 0. The van der Waals surface area contributed by atoms with Gasteiger partial charge in [0, 0.05) is 0 Å². The van der Waals surface area contributed by atoms with Crippen LogP contribution in [0, 0.1) is 12.8 Å². The van der Waals surface area contributed by atoms with E-state index in [2.05, 4.69) is 57.2 Å². The van der Waals surface area contributed by atoms with Crippen LogP contribution in [0.2, 0.25) is 0 Å². The molecule has 0 heterocycles. The average Bonchev–Trinajstić information content (AvgIpc) is 2.28. The van der Waals surface area contributed by atoms with Gasteiger partial charge >= 0.3 is 0 Å². The van der Waals surface area contributed by atoms with Gasteiger partial charge in [-0.1, -0.05) is 50.2 Å². The number of alkyl halides is 1. The number of benzene rings is 2. The van der Waals surface area contributed by atoms with E-state index in [1.54, 1.807) is 0 Å². The zero-order valence-electron chi connectivity index (χ0n) is 10.00. The van der Waals surface area contributed by atoms with E-state index in [1.807, 2.05) is 0 Å². The van der Waals surface area contributed by atoms with Crippen LogP contribution >= 0.6 is 11.6 Å². The summed E-state index contributed by atoms with van der Waals surface area (Å²) in [6.45, 7) is 6.47. The molecule has 0 aliphatic heterocycles. The summed E-state index contributed by atoms with van der Waals surface area (Å²) in [5.41, 5.74) is 2.57. The minimum absolute atomic E-state index is 0.0890. The van der Waals surface area contributed by atoms with Crippen molar-refractivity contribution in [3.05, 3.63) is 47.5 Å². The van der Waals surface area contributed by atoms with Crippen molar-refractivity contribution in [3.8, 4) is 0 Å². The monoisotopic (exact) mass is 232 g/mol. The first kappa shape index (κ1) is 11.5. The molecule has 2 rings (SSSR count). The Labute approximate surface area is 102 Å². The van der Waals surface area contributed by atoms with E-state index in [0.717, 1.165) is 0 Å². The predicted octanol–water partition coefficient (Wildman–Crippen LogP) is 5.08. The first-order valence-corrected chi connectivity index (χ1v) is 6.17. The summed E-state index contributed by atoms with van der Waals surface area (Å²) in [6, 6.07) is 12.8. The lowest BCUT2D eigenvalue weighted by atomic mass is 9.92. The zero-order chi connectivity index (χ0) is 11.7. The number of rotatable bonds is 2. The van der Waals surface area contributed by atoms with E-state index < -0.39 is 0 Å². The number of aryl methyl sites for hydroxylation is 1. The van der Waals surface area contributed by atoms with Crippen LogP contribution in [0.5, 0.6) is 0 Å². The van der Waals surface area contributed by atoms with E-state index in [9.17, 15) is 0 Å². The summed E-state index contributed by atoms with van der Waals surface area (Å²) in [4.78, 5) is 0. The van der Waals surface area contributed by atoms with E-state index in [-0.39, 0.29) is 5.38 Å². The highest BCUT2D eigenvalue weighted by molar-refractivity contribution is 6.22. The first-order valence-electron chi connectivity index (χ1n) is 5.73. The second-order valence-electron chi connectivity index (χ2n) is 4.66. The summed E-state index contributed by atoms with van der Waals surface area (Å²) in [5, 5.41) is 2.65. The second-order valence-corrected chi connectivity index (χ2v) is 5.13. The van der Waals surface area contributed by atoms with Gasteiger partial charge in [-0.2, -0.15) is 0 Å². The van der Waals surface area contributed by atoms with Gasteiger partial charge in [-0.25, -0.2) is 0 Å². The molecule has 2 aromatic carbocycles. The van der Waals surface area contributed by atoms with E-state index in [4.69, 9.17) is 11.6 Å².